The molecule has 2 aliphatic rings. The number of carbonyl (C=O) groups is 1. The van der Waals surface area contributed by atoms with Crippen LogP contribution < -0.4 is 19.7 Å². The molecule has 2 aliphatic heterocycles. The smallest absolute Gasteiger partial charge is 0.279 e. The van der Waals surface area contributed by atoms with Gasteiger partial charge >= 0.3 is 0 Å². The lowest BCUT2D eigenvalue weighted by atomic mass is 10.0. The second kappa shape index (κ2) is 8.23. The van der Waals surface area contributed by atoms with Gasteiger partial charge in [0.25, 0.3) is 5.91 Å². The largest absolute Gasteiger partial charge is 0.486 e. The van der Waals surface area contributed by atoms with E-state index in [1.165, 1.54) is 16.0 Å². The first kappa shape index (κ1) is 18.8. The number of hydrogen-bond acceptors (Lipinski definition) is 3. The Balaban J connectivity index is 1.46. The van der Waals surface area contributed by atoms with Gasteiger partial charge in [-0.1, -0.05) is 25.1 Å². The van der Waals surface area contributed by atoms with Gasteiger partial charge < -0.3 is 19.7 Å². The molecule has 0 aliphatic carbocycles. The van der Waals surface area contributed by atoms with Crippen LogP contribution in [0, 0.1) is 6.92 Å². The van der Waals surface area contributed by atoms with E-state index in [0.29, 0.717) is 25.8 Å². The van der Waals surface area contributed by atoms with E-state index in [4.69, 9.17) is 9.47 Å². The lowest BCUT2D eigenvalue weighted by molar-refractivity contribution is -0.910. The van der Waals surface area contributed by atoms with Gasteiger partial charge in [0, 0.05) is 24.1 Å². The summed E-state index contributed by atoms with van der Waals surface area (Å²) in [7, 11) is 0. The van der Waals surface area contributed by atoms with Crippen molar-refractivity contribution in [1.82, 2.24) is 0 Å². The Hall–Kier alpha value is -2.53. The van der Waals surface area contributed by atoms with Crippen molar-refractivity contribution >= 4 is 11.6 Å². The zero-order chi connectivity index (χ0) is 19.5. The molecule has 0 spiro atoms. The van der Waals surface area contributed by atoms with E-state index < -0.39 is 0 Å². The minimum atomic E-state index is 0.0865. The van der Waals surface area contributed by atoms with Gasteiger partial charge in [-0.25, -0.2) is 0 Å². The van der Waals surface area contributed by atoms with E-state index in [1.54, 1.807) is 0 Å². The molecule has 1 amide bonds. The first-order valence-electron chi connectivity index (χ1n) is 10.3. The van der Waals surface area contributed by atoms with E-state index in [1.807, 2.05) is 12.1 Å². The molecule has 2 aromatic carbocycles. The third kappa shape index (κ3) is 3.85. The van der Waals surface area contributed by atoms with Gasteiger partial charge in [0.15, 0.2) is 18.0 Å². The monoisotopic (exact) mass is 381 g/mol. The van der Waals surface area contributed by atoms with Gasteiger partial charge in [-0.3, -0.25) is 4.79 Å². The quantitative estimate of drug-likeness (QED) is 0.837. The first-order valence-corrected chi connectivity index (χ1v) is 10.3. The lowest BCUT2D eigenvalue weighted by Gasteiger charge is -2.24. The van der Waals surface area contributed by atoms with Crippen molar-refractivity contribution < 1.29 is 19.2 Å². The van der Waals surface area contributed by atoms with E-state index in [9.17, 15) is 4.79 Å². The van der Waals surface area contributed by atoms with Gasteiger partial charge in [0.1, 0.15) is 19.3 Å². The maximum Gasteiger partial charge on any atom is 0.279 e. The van der Waals surface area contributed by atoms with Gasteiger partial charge in [0.2, 0.25) is 0 Å². The first-order chi connectivity index (χ1) is 13.7. The van der Waals surface area contributed by atoms with Crippen molar-refractivity contribution in [2.24, 2.45) is 0 Å². The highest BCUT2D eigenvalue weighted by Crippen LogP contribution is 2.33. The predicted molar refractivity (Wildman–Crippen MR) is 109 cm³/mol. The number of anilines is 1. The minimum absolute atomic E-state index is 0.0865. The Bertz CT molecular complexity index is 865. The van der Waals surface area contributed by atoms with Crippen LogP contribution in [0.4, 0.5) is 5.69 Å². The molecule has 2 aromatic rings. The average molecular weight is 381 g/mol. The average Bonchev–Trinajstić information content (AvgIpc) is 3.17. The van der Waals surface area contributed by atoms with Crippen LogP contribution >= 0.6 is 0 Å². The minimum Gasteiger partial charge on any atom is -0.486 e. The molecule has 5 heteroatoms. The molecule has 0 bridgehead atoms. The Morgan fingerprint density at radius 1 is 1.18 bits per heavy atom. The molecule has 1 unspecified atom stereocenters. The fourth-order valence-electron chi connectivity index (χ4n) is 4.39. The highest BCUT2D eigenvalue weighted by Gasteiger charge is 2.32. The molecule has 2 atom stereocenters. The van der Waals surface area contributed by atoms with Crippen LogP contribution in [0.2, 0.25) is 0 Å². The number of hydrogen-bond donors (Lipinski definition) is 2. The second-order valence-corrected chi connectivity index (χ2v) is 7.69. The molecule has 4 rings (SSSR count). The molecule has 2 N–H and O–H groups in total. The number of aryl methyl sites for hydroxylation is 2. The number of likely N-dealkylation sites (tertiary alicyclic amines) is 1. The Morgan fingerprint density at radius 3 is 2.82 bits per heavy atom. The summed E-state index contributed by atoms with van der Waals surface area (Å²) < 4.78 is 11.4. The number of quaternary nitrogens is 1. The van der Waals surface area contributed by atoms with Crippen LogP contribution in [0.1, 0.15) is 42.5 Å². The predicted octanol–water partition coefficient (Wildman–Crippen LogP) is 2.69. The summed E-state index contributed by atoms with van der Waals surface area (Å²) in [6.07, 6.45) is 3.13. The van der Waals surface area contributed by atoms with Crippen molar-refractivity contribution in [1.29, 1.82) is 0 Å². The highest BCUT2D eigenvalue weighted by molar-refractivity contribution is 5.93. The van der Waals surface area contributed by atoms with Crippen molar-refractivity contribution in [3.63, 3.8) is 0 Å². The molecule has 0 aromatic heterocycles. The molecule has 5 nitrogen and oxygen atoms in total. The molecule has 0 radical (unpaired) electrons. The summed E-state index contributed by atoms with van der Waals surface area (Å²) >= 11 is 0. The van der Waals surface area contributed by atoms with Crippen LogP contribution in [0.3, 0.4) is 0 Å². The number of nitrogens with one attached hydrogen (secondary N) is 2. The van der Waals surface area contributed by atoms with E-state index in [-0.39, 0.29) is 5.91 Å². The van der Waals surface area contributed by atoms with Crippen LogP contribution in [0.25, 0.3) is 0 Å². The molecule has 28 heavy (non-hydrogen) atoms. The van der Waals surface area contributed by atoms with Crippen molar-refractivity contribution in [3.8, 4) is 11.5 Å². The molecular weight excluding hydrogens is 352 g/mol. The summed E-state index contributed by atoms with van der Waals surface area (Å²) in [6, 6.07) is 12.7. The second-order valence-electron chi connectivity index (χ2n) is 7.69. The summed E-state index contributed by atoms with van der Waals surface area (Å²) in [4.78, 5) is 14.1. The zero-order valence-electron chi connectivity index (χ0n) is 16.7. The maximum atomic E-state index is 12.8. The number of ether oxygens (including phenoxy) is 2. The van der Waals surface area contributed by atoms with Crippen LogP contribution in [-0.4, -0.2) is 32.2 Å². The number of amides is 1. The van der Waals surface area contributed by atoms with Crippen molar-refractivity contribution in [2.75, 3.05) is 31.6 Å². The SMILES string of the molecule is CCc1cccc(C)c1NC(=O)C[NH+]1CCC[C@@H]1c1ccc2c(c1)OCCO2. The number of fused-ring (bicyclic) bond motifs is 1. The topological polar surface area (TPSA) is 52.0 Å². The number of para-hydroxylation sites is 1. The number of carbonyl (C=O) groups excluding carboxylic acids is 1. The Morgan fingerprint density at radius 2 is 2.00 bits per heavy atom. The molecular formula is C23H29N2O3+. The van der Waals surface area contributed by atoms with Crippen LogP contribution in [0.5, 0.6) is 11.5 Å². The number of rotatable bonds is 5. The van der Waals surface area contributed by atoms with Crippen LogP contribution in [0.15, 0.2) is 36.4 Å². The van der Waals surface area contributed by atoms with Crippen molar-refractivity contribution in [2.45, 2.75) is 39.2 Å². The molecule has 2 heterocycles. The van der Waals surface area contributed by atoms with Gasteiger partial charge in [-0.05, 0) is 42.7 Å². The Labute approximate surface area is 166 Å². The normalized spacial score (nSPS) is 20.8. The summed E-state index contributed by atoms with van der Waals surface area (Å²) in [5, 5.41) is 3.17. The van der Waals surface area contributed by atoms with E-state index in [2.05, 4.69) is 43.4 Å². The van der Waals surface area contributed by atoms with Gasteiger partial charge in [-0.15, -0.1) is 0 Å². The third-order valence-corrected chi connectivity index (χ3v) is 5.84. The van der Waals surface area contributed by atoms with Crippen molar-refractivity contribution in [3.05, 3.63) is 53.1 Å². The highest BCUT2D eigenvalue weighted by atomic mass is 16.6. The summed E-state index contributed by atoms with van der Waals surface area (Å²) in [5.41, 5.74) is 4.51. The fourth-order valence-corrected chi connectivity index (χ4v) is 4.39. The maximum absolute atomic E-state index is 12.8. The fraction of sp³-hybridized carbons (Fsp3) is 0.435. The lowest BCUT2D eigenvalue weighted by Crippen LogP contribution is -3.11. The van der Waals surface area contributed by atoms with E-state index in [0.717, 1.165) is 48.6 Å². The van der Waals surface area contributed by atoms with Gasteiger partial charge in [-0.2, -0.15) is 0 Å². The number of benzene rings is 2. The molecule has 0 saturated carbocycles. The zero-order valence-corrected chi connectivity index (χ0v) is 16.7. The standard InChI is InChI=1S/C23H28N2O3/c1-3-17-7-4-6-16(2)23(17)24-22(26)15-25-11-5-8-19(25)18-9-10-20-21(14-18)28-13-12-27-20/h4,6-7,9-10,14,19H,3,5,8,11-13,15H2,1-2H3,(H,24,26)/p+1/t19-/m1/s1. The molecule has 1 fully saturated rings. The summed E-state index contributed by atoms with van der Waals surface area (Å²) in [5.74, 6) is 1.73. The van der Waals surface area contributed by atoms with Gasteiger partial charge in [0.05, 0.1) is 6.54 Å². The van der Waals surface area contributed by atoms with E-state index >= 15 is 0 Å². The Kier molecular flexibility index (Phi) is 5.53. The third-order valence-electron chi connectivity index (χ3n) is 5.84. The molecule has 148 valence electrons. The molecule has 1 saturated heterocycles. The summed E-state index contributed by atoms with van der Waals surface area (Å²) in [6.45, 7) is 6.86. The van der Waals surface area contributed by atoms with Crippen LogP contribution in [-0.2, 0) is 11.2 Å².